The molecule has 1 aliphatic rings. The van der Waals surface area contributed by atoms with Crippen molar-refractivity contribution in [3.05, 3.63) is 54.6 Å². The van der Waals surface area contributed by atoms with E-state index < -0.39 is 0 Å². The first-order valence-electron chi connectivity index (χ1n) is 9.02. The van der Waals surface area contributed by atoms with E-state index in [0.717, 1.165) is 17.1 Å². The summed E-state index contributed by atoms with van der Waals surface area (Å²) in [6.45, 7) is 5.37. The molecule has 1 atom stereocenters. The quantitative estimate of drug-likeness (QED) is 0.830. The molecule has 2 N–H and O–H groups in total. The number of nitrogens with zero attached hydrogens (tertiary/aromatic N) is 1. The van der Waals surface area contributed by atoms with Gasteiger partial charge in [0.2, 0.25) is 11.8 Å². The van der Waals surface area contributed by atoms with E-state index in [4.69, 9.17) is 0 Å². The molecule has 5 nitrogen and oxygen atoms in total. The smallest absolute Gasteiger partial charge is 0.229 e. The minimum absolute atomic E-state index is 0.0706. The van der Waals surface area contributed by atoms with Gasteiger partial charge in [0.25, 0.3) is 0 Å². The Morgan fingerprint density at radius 1 is 1.04 bits per heavy atom. The van der Waals surface area contributed by atoms with Gasteiger partial charge >= 0.3 is 0 Å². The molecule has 136 valence electrons. The van der Waals surface area contributed by atoms with Gasteiger partial charge in [0.05, 0.1) is 5.92 Å². The van der Waals surface area contributed by atoms with Gasteiger partial charge in [-0.2, -0.15) is 0 Å². The van der Waals surface area contributed by atoms with Crippen LogP contribution in [0.5, 0.6) is 0 Å². The van der Waals surface area contributed by atoms with Crippen LogP contribution in [0.25, 0.3) is 0 Å². The Morgan fingerprint density at radius 3 is 2.31 bits per heavy atom. The van der Waals surface area contributed by atoms with Crippen LogP contribution in [-0.2, 0) is 9.59 Å². The third kappa shape index (κ3) is 4.63. The van der Waals surface area contributed by atoms with Crippen molar-refractivity contribution >= 4 is 28.9 Å². The lowest BCUT2D eigenvalue weighted by Gasteiger charge is -2.18. The van der Waals surface area contributed by atoms with Crippen LogP contribution in [0, 0.1) is 11.8 Å². The zero-order valence-corrected chi connectivity index (χ0v) is 15.2. The van der Waals surface area contributed by atoms with Crippen molar-refractivity contribution in [2.45, 2.75) is 20.3 Å². The standard InChI is InChI=1S/C21H25N3O2/c1-15(2)13-24-14-16(12-20(24)25)21(26)23-19-10-8-18(9-11-19)22-17-6-4-3-5-7-17/h3-11,15-16,22H,12-14H2,1-2H3,(H,23,26)/t16-/m1/s1. The number of anilines is 3. The maximum absolute atomic E-state index is 12.5. The average molecular weight is 351 g/mol. The van der Waals surface area contributed by atoms with Crippen LogP contribution in [0.1, 0.15) is 20.3 Å². The van der Waals surface area contributed by atoms with Crippen LogP contribution in [0.2, 0.25) is 0 Å². The second-order valence-corrected chi connectivity index (χ2v) is 7.15. The Balaban J connectivity index is 1.56. The summed E-state index contributed by atoms with van der Waals surface area (Å²) in [5.41, 5.74) is 2.70. The van der Waals surface area contributed by atoms with Gasteiger partial charge in [-0.1, -0.05) is 32.0 Å². The van der Waals surface area contributed by atoms with Crippen LogP contribution < -0.4 is 10.6 Å². The summed E-state index contributed by atoms with van der Waals surface area (Å²) >= 11 is 0. The van der Waals surface area contributed by atoms with Gasteiger partial charge in [0, 0.05) is 36.6 Å². The van der Waals surface area contributed by atoms with E-state index in [2.05, 4.69) is 24.5 Å². The van der Waals surface area contributed by atoms with E-state index >= 15 is 0 Å². The van der Waals surface area contributed by atoms with Gasteiger partial charge in [0.15, 0.2) is 0 Å². The SMILES string of the molecule is CC(C)CN1C[C@H](C(=O)Nc2ccc(Nc3ccccc3)cc2)CC1=O. The van der Waals surface area contributed by atoms with Crippen molar-refractivity contribution in [3.8, 4) is 0 Å². The molecule has 1 aliphatic heterocycles. The first-order chi connectivity index (χ1) is 12.5. The molecule has 0 spiro atoms. The molecule has 0 radical (unpaired) electrons. The molecule has 0 bridgehead atoms. The Labute approximate surface area is 154 Å². The van der Waals surface area contributed by atoms with Gasteiger partial charge < -0.3 is 15.5 Å². The number of carbonyl (C=O) groups excluding carboxylic acids is 2. The number of hydrogen-bond donors (Lipinski definition) is 2. The van der Waals surface area contributed by atoms with E-state index in [1.165, 1.54) is 0 Å². The second-order valence-electron chi connectivity index (χ2n) is 7.15. The van der Waals surface area contributed by atoms with E-state index in [1.807, 2.05) is 54.6 Å². The van der Waals surface area contributed by atoms with Crippen LogP contribution in [0.3, 0.4) is 0 Å². The molecule has 0 aliphatic carbocycles. The molecule has 1 heterocycles. The predicted octanol–water partition coefficient (Wildman–Crippen LogP) is 3.87. The lowest BCUT2D eigenvalue weighted by Crippen LogP contribution is -2.31. The number of likely N-dealkylation sites (tertiary alicyclic amines) is 1. The van der Waals surface area contributed by atoms with E-state index in [1.54, 1.807) is 4.90 Å². The summed E-state index contributed by atoms with van der Waals surface area (Å²) in [7, 11) is 0. The zero-order valence-electron chi connectivity index (χ0n) is 15.2. The van der Waals surface area contributed by atoms with Gasteiger partial charge in [-0.15, -0.1) is 0 Å². The van der Waals surface area contributed by atoms with Gasteiger partial charge in [-0.25, -0.2) is 0 Å². The molecule has 1 saturated heterocycles. The highest BCUT2D eigenvalue weighted by Crippen LogP contribution is 2.22. The Hall–Kier alpha value is -2.82. The Bertz CT molecular complexity index is 757. The number of carbonyl (C=O) groups is 2. The maximum atomic E-state index is 12.5. The van der Waals surface area contributed by atoms with E-state index in [-0.39, 0.29) is 17.7 Å². The molecule has 2 aromatic rings. The molecule has 3 rings (SSSR count). The highest BCUT2D eigenvalue weighted by Gasteiger charge is 2.34. The lowest BCUT2D eigenvalue weighted by molar-refractivity contribution is -0.128. The van der Waals surface area contributed by atoms with Crippen LogP contribution in [-0.4, -0.2) is 29.8 Å². The molecule has 0 aromatic heterocycles. The normalized spacial score (nSPS) is 16.8. The number of amides is 2. The van der Waals surface area contributed by atoms with Crippen molar-refractivity contribution in [2.75, 3.05) is 23.7 Å². The number of para-hydroxylation sites is 1. The molecule has 0 unspecified atom stereocenters. The van der Waals surface area contributed by atoms with E-state index in [9.17, 15) is 9.59 Å². The number of rotatable bonds is 6. The third-order valence-electron chi connectivity index (χ3n) is 4.39. The molecule has 26 heavy (non-hydrogen) atoms. The van der Waals surface area contributed by atoms with Crippen LogP contribution in [0.15, 0.2) is 54.6 Å². The minimum atomic E-state index is -0.275. The van der Waals surface area contributed by atoms with Gasteiger partial charge in [0.1, 0.15) is 0 Å². The third-order valence-corrected chi connectivity index (χ3v) is 4.39. The summed E-state index contributed by atoms with van der Waals surface area (Å²) in [6.07, 6.45) is 0.298. The highest BCUT2D eigenvalue weighted by molar-refractivity contribution is 5.97. The minimum Gasteiger partial charge on any atom is -0.356 e. The topological polar surface area (TPSA) is 61.4 Å². The maximum Gasteiger partial charge on any atom is 0.229 e. The molecular formula is C21H25N3O2. The van der Waals surface area contributed by atoms with Crippen molar-refractivity contribution in [1.29, 1.82) is 0 Å². The molecule has 0 saturated carbocycles. The molecule has 2 amide bonds. The summed E-state index contributed by atoms with van der Waals surface area (Å²) in [5, 5.41) is 6.23. The number of nitrogens with one attached hydrogen (secondary N) is 2. The summed E-state index contributed by atoms with van der Waals surface area (Å²) in [6, 6.07) is 17.5. The van der Waals surface area contributed by atoms with Crippen molar-refractivity contribution in [2.24, 2.45) is 11.8 Å². The van der Waals surface area contributed by atoms with E-state index in [0.29, 0.717) is 25.4 Å². The fourth-order valence-electron chi connectivity index (χ4n) is 3.13. The highest BCUT2D eigenvalue weighted by atomic mass is 16.2. The lowest BCUT2D eigenvalue weighted by atomic mass is 10.1. The fourth-order valence-corrected chi connectivity index (χ4v) is 3.13. The number of hydrogen-bond acceptors (Lipinski definition) is 3. The fraction of sp³-hybridized carbons (Fsp3) is 0.333. The summed E-state index contributed by atoms with van der Waals surface area (Å²) < 4.78 is 0. The average Bonchev–Trinajstić information content (AvgIpc) is 2.98. The summed E-state index contributed by atoms with van der Waals surface area (Å²) in [5.74, 6) is 0.114. The van der Waals surface area contributed by atoms with Crippen molar-refractivity contribution in [1.82, 2.24) is 4.90 Å². The molecule has 1 fully saturated rings. The first-order valence-corrected chi connectivity index (χ1v) is 9.02. The molecular weight excluding hydrogens is 326 g/mol. The van der Waals surface area contributed by atoms with Gasteiger partial charge in [-0.05, 0) is 42.3 Å². The van der Waals surface area contributed by atoms with Crippen molar-refractivity contribution < 1.29 is 9.59 Å². The Morgan fingerprint density at radius 2 is 1.65 bits per heavy atom. The van der Waals surface area contributed by atoms with Crippen molar-refractivity contribution in [3.63, 3.8) is 0 Å². The zero-order chi connectivity index (χ0) is 18.5. The monoisotopic (exact) mass is 351 g/mol. The largest absolute Gasteiger partial charge is 0.356 e. The van der Waals surface area contributed by atoms with Gasteiger partial charge in [-0.3, -0.25) is 9.59 Å². The van der Waals surface area contributed by atoms with Crippen LogP contribution in [0.4, 0.5) is 17.1 Å². The molecule has 5 heteroatoms. The summed E-state index contributed by atoms with van der Waals surface area (Å²) in [4.78, 5) is 26.3. The molecule has 2 aromatic carbocycles. The predicted molar refractivity (Wildman–Crippen MR) is 104 cm³/mol. The number of benzene rings is 2. The first kappa shape index (κ1) is 18.0. The van der Waals surface area contributed by atoms with Crippen LogP contribution >= 0.6 is 0 Å². The Kier molecular flexibility index (Phi) is 5.56. The second kappa shape index (κ2) is 8.04.